The van der Waals surface area contributed by atoms with E-state index in [0.717, 1.165) is 5.56 Å². The average Bonchev–Trinajstić information content (AvgIpc) is 2.44. The molecule has 0 unspecified atom stereocenters. The monoisotopic (exact) mass is 317 g/mol. The Balaban J connectivity index is 1.98. The van der Waals surface area contributed by atoms with Crippen LogP contribution in [0.3, 0.4) is 0 Å². The van der Waals surface area contributed by atoms with Gasteiger partial charge in [0.05, 0.1) is 5.56 Å². The third-order valence-electron chi connectivity index (χ3n) is 3.33. The number of hydrogen-bond donors (Lipinski definition) is 3. The van der Waals surface area contributed by atoms with Crippen molar-refractivity contribution in [2.75, 3.05) is 0 Å². The number of ether oxygens (including phenoxy) is 1. The van der Waals surface area contributed by atoms with Crippen LogP contribution in [0.25, 0.3) is 0 Å². The molecule has 0 atom stereocenters. The van der Waals surface area contributed by atoms with Gasteiger partial charge in [0.2, 0.25) is 5.88 Å². The molecule has 7 heteroatoms. The minimum atomic E-state index is -0.258. The van der Waals surface area contributed by atoms with Crippen LogP contribution in [-0.2, 0) is 6.42 Å². The van der Waals surface area contributed by atoms with E-state index in [0.29, 0.717) is 29.2 Å². The predicted molar refractivity (Wildman–Crippen MR) is 84.2 cm³/mol. The van der Waals surface area contributed by atoms with Crippen molar-refractivity contribution in [1.82, 2.24) is 15.3 Å². The minimum absolute atomic E-state index is 0.0554. The Bertz CT molecular complexity index is 867. The summed E-state index contributed by atoms with van der Waals surface area (Å²) in [6, 6.07) is 5.26. The van der Waals surface area contributed by atoms with Crippen molar-refractivity contribution in [1.29, 1.82) is 0 Å². The Kier molecular flexibility index (Phi) is 3.58. The van der Waals surface area contributed by atoms with Gasteiger partial charge in [0.15, 0.2) is 4.77 Å². The van der Waals surface area contributed by atoms with Crippen molar-refractivity contribution in [2.24, 2.45) is 0 Å². The average molecular weight is 317 g/mol. The molecule has 0 fully saturated rings. The van der Waals surface area contributed by atoms with Crippen LogP contribution in [0, 0.1) is 4.77 Å². The summed E-state index contributed by atoms with van der Waals surface area (Å²) in [5.41, 5.74) is 1.61. The second-order valence-corrected chi connectivity index (χ2v) is 5.85. The van der Waals surface area contributed by atoms with E-state index in [-0.39, 0.29) is 22.3 Å². The molecular formula is C15H15N3O3S. The molecule has 1 aromatic carbocycles. The van der Waals surface area contributed by atoms with Crippen LogP contribution in [0.2, 0.25) is 0 Å². The summed E-state index contributed by atoms with van der Waals surface area (Å²) in [7, 11) is 0. The van der Waals surface area contributed by atoms with E-state index in [1.807, 2.05) is 13.8 Å². The summed E-state index contributed by atoms with van der Waals surface area (Å²) in [5, 5.41) is 2.83. The lowest BCUT2D eigenvalue weighted by Gasteiger charge is -2.19. The van der Waals surface area contributed by atoms with E-state index >= 15 is 0 Å². The van der Waals surface area contributed by atoms with Crippen molar-refractivity contribution >= 4 is 18.1 Å². The molecule has 0 saturated heterocycles. The zero-order valence-electron chi connectivity index (χ0n) is 12.1. The molecule has 3 rings (SSSR count). The molecule has 114 valence electrons. The van der Waals surface area contributed by atoms with E-state index in [4.69, 9.17) is 17.0 Å². The highest BCUT2D eigenvalue weighted by atomic mass is 32.1. The first-order valence-electron chi connectivity index (χ1n) is 6.91. The number of rotatable bonds is 2. The Morgan fingerprint density at radius 3 is 2.86 bits per heavy atom. The number of carbonyl (C=O) groups excluding carboxylic acids is 1. The van der Waals surface area contributed by atoms with Gasteiger partial charge in [-0.1, -0.05) is 6.07 Å². The quantitative estimate of drug-likeness (QED) is 0.633. The number of aromatic nitrogens is 2. The van der Waals surface area contributed by atoms with Gasteiger partial charge >= 0.3 is 0 Å². The third kappa shape index (κ3) is 2.67. The lowest BCUT2D eigenvalue weighted by atomic mass is 10.0. The number of H-pyrrole nitrogens is 2. The van der Waals surface area contributed by atoms with Crippen molar-refractivity contribution < 1.29 is 9.53 Å². The number of fused-ring (bicyclic) bond motifs is 2. The molecule has 22 heavy (non-hydrogen) atoms. The molecule has 1 aliphatic rings. The molecule has 1 aromatic heterocycles. The Morgan fingerprint density at radius 1 is 1.36 bits per heavy atom. The molecule has 6 nitrogen and oxygen atoms in total. The number of nitrogens with one attached hydrogen (secondary N) is 3. The number of benzene rings is 1. The number of amides is 1. The summed E-state index contributed by atoms with van der Waals surface area (Å²) in [6.45, 7) is 3.80. The molecule has 2 aromatic rings. The molecule has 0 radical (unpaired) electrons. The molecule has 3 N–H and O–H groups in total. The van der Waals surface area contributed by atoms with Crippen LogP contribution in [0.4, 0.5) is 0 Å². The predicted octanol–water partition coefficient (Wildman–Crippen LogP) is 2.27. The van der Waals surface area contributed by atoms with E-state index in [1.165, 1.54) is 0 Å². The fourth-order valence-electron chi connectivity index (χ4n) is 2.32. The van der Waals surface area contributed by atoms with Crippen LogP contribution >= 0.6 is 12.2 Å². The zero-order valence-corrected chi connectivity index (χ0v) is 13.0. The topological polar surface area (TPSA) is 87.0 Å². The largest absolute Gasteiger partial charge is 0.440 e. The smallest absolute Gasteiger partial charge is 0.259 e. The molecule has 0 spiro atoms. The molecule has 1 amide bonds. The van der Waals surface area contributed by atoms with Gasteiger partial charge in [0.25, 0.3) is 11.5 Å². The maximum Gasteiger partial charge on any atom is 0.259 e. The van der Waals surface area contributed by atoms with Gasteiger partial charge in [-0.05, 0) is 43.8 Å². The Hall–Kier alpha value is -2.41. The van der Waals surface area contributed by atoms with Crippen molar-refractivity contribution in [3.8, 4) is 11.6 Å². The van der Waals surface area contributed by atoms with E-state index < -0.39 is 0 Å². The van der Waals surface area contributed by atoms with Gasteiger partial charge in [-0.15, -0.1) is 0 Å². The van der Waals surface area contributed by atoms with Gasteiger partial charge in [-0.25, -0.2) is 0 Å². The maximum atomic E-state index is 12.0. The van der Waals surface area contributed by atoms with Crippen LogP contribution in [0.1, 0.15) is 35.3 Å². The molecule has 1 aliphatic heterocycles. The second kappa shape index (κ2) is 5.42. The lowest BCUT2D eigenvalue weighted by Crippen LogP contribution is -2.30. The lowest BCUT2D eigenvalue weighted by molar-refractivity contribution is 0.0942. The highest BCUT2D eigenvalue weighted by Gasteiger charge is 2.21. The number of aromatic amines is 2. The van der Waals surface area contributed by atoms with E-state index in [2.05, 4.69) is 15.3 Å². The molecule has 0 aliphatic carbocycles. The summed E-state index contributed by atoms with van der Waals surface area (Å²) >= 11 is 4.94. The van der Waals surface area contributed by atoms with Crippen LogP contribution in [0.15, 0.2) is 23.0 Å². The second-order valence-electron chi connectivity index (χ2n) is 5.45. The highest BCUT2D eigenvalue weighted by Crippen LogP contribution is 2.33. The Morgan fingerprint density at radius 2 is 2.14 bits per heavy atom. The number of hydrogen-bond acceptors (Lipinski definition) is 4. The van der Waals surface area contributed by atoms with Gasteiger partial charge in [0, 0.05) is 18.0 Å². The third-order valence-corrected chi connectivity index (χ3v) is 3.53. The first-order chi connectivity index (χ1) is 10.4. The molecular weight excluding hydrogens is 302 g/mol. The Labute approximate surface area is 131 Å². The normalized spacial score (nSPS) is 12.3. The summed E-state index contributed by atoms with van der Waals surface area (Å²) in [4.78, 5) is 29.3. The first-order valence-corrected chi connectivity index (χ1v) is 7.32. The van der Waals surface area contributed by atoms with Crippen LogP contribution < -0.4 is 15.6 Å². The molecule has 0 saturated carbocycles. The van der Waals surface area contributed by atoms with Crippen LogP contribution in [0.5, 0.6) is 11.6 Å². The van der Waals surface area contributed by atoms with Crippen molar-refractivity contribution in [3.05, 3.63) is 50.0 Å². The molecule has 2 heterocycles. The summed E-state index contributed by atoms with van der Waals surface area (Å²) in [5.74, 6) is 0.730. The zero-order chi connectivity index (χ0) is 15.9. The SMILES string of the molecule is CC(C)NC(=O)c1ccc2c(c1)Oc1[nH]c(=S)[nH]c(=O)c1C2. The van der Waals surface area contributed by atoms with Gasteiger partial charge in [-0.3, -0.25) is 14.6 Å². The van der Waals surface area contributed by atoms with Crippen LogP contribution in [-0.4, -0.2) is 21.9 Å². The highest BCUT2D eigenvalue weighted by molar-refractivity contribution is 7.71. The summed E-state index contributed by atoms with van der Waals surface area (Å²) < 4.78 is 5.92. The van der Waals surface area contributed by atoms with E-state index in [1.54, 1.807) is 18.2 Å². The fourth-order valence-corrected chi connectivity index (χ4v) is 2.51. The number of carbonyl (C=O) groups is 1. The fraction of sp³-hybridized carbons (Fsp3) is 0.267. The first kappa shape index (κ1) is 14.5. The van der Waals surface area contributed by atoms with Gasteiger partial charge in [0.1, 0.15) is 5.75 Å². The summed E-state index contributed by atoms with van der Waals surface area (Å²) in [6.07, 6.45) is 0.429. The van der Waals surface area contributed by atoms with Crippen molar-refractivity contribution in [2.45, 2.75) is 26.3 Å². The molecule has 0 bridgehead atoms. The standard InChI is InChI=1S/C15H15N3O3S/c1-7(2)16-12(19)9-4-3-8-5-10-13(20)17-15(22)18-14(10)21-11(8)6-9/h3-4,6-7H,5H2,1-2H3,(H,16,19)(H2,17,18,20,22). The maximum absolute atomic E-state index is 12.0. The van der Waals surface area contributed by atoms with E-state index in [9.17, 15) is 9.59 Å². The van der Waals surface area contributed by atoms with Gasteiger partial charge < -0.3 is 15.0 Å². The van der Waals surface area contributed by atoms with Gasteiger partial charge in [-0.2, -0.15) is 0 Å². The van der Waals surface area contributed by atoms with Crippen molar-refractivity contribution in [3.63, 3.8) is 0 Å². The minimum Gasteiger partial charge on any atom is -0.440 e.